The first-order chi connectivity index (χ1) is 7.65. The van der Waals surface area contributed by atoms with Crippen molar-refractivity contribution >= 4 is 5.97 Å². The molecule has 1 fully saturated rings. The maximum Gasteiger partial charge on any atom is 0.308 e. The number of carbonyl (C=O) groups excluding carboxylic acids is 1. The molecule has 1 aliphatic heterocycles. The smallest absolute Gasteiger partial charge is 0.308 e. The van der Waals surface area contributed by atoms with E-state index in [1.54, 1.807) is 6.92 Å². The van der Waals surface area contributed by atoms with Crippen LogP contribution < -0.4 is 0 Å². The van der Waals surface area contributed by atoms with Crippen LogP contribution in [0.4, 0.5) is 0 Å². The maximum atomic E-state index is 11.1. The molecule has 0 bridgehead atoms. The normalized spacial score (nSPS) is 23.3. The molecule has 2 atom stereocenters. The van der Waals surface area contributed by atoms with Gasteiger partial charge in [0.2, 0.25) is 0 Å². The summed E-state index contributed by atoms with van der Waals surface area (Å²) in [5.74, 6) is 0.455. The van der Waals surface area contributed by atoms with Crippen molar-refractivity contribution in [3.05, 3.63) is 0 Å². The molecule has 1 rings (SSSR count). The van der Waals surface area contributed by atoms with Crippen LogP contribution in [0.15, 0.2) is 0 Å². The first-order valence-electron chi connectivity index (χ1n) is 6.21. The topological polar surface area (TPSA) is 49.8 Å². The number of aliphatic hydroxyl groups excluding tert-OH is 1. The minimum atomic E-state index is -0.588. The Morgan fingerprint density at radius 1 is 1.56 bits per heavy atom. The number of hydrogen-bond acceptors (Lipinski definition) is 4. The van der Waals surface area contributed by atoms with Gasteiger partial charge in [-0.05, 0) is 25.8 Å². The number of β-amino-alcohol motifs (C(OH)–C–C–N with tert-alkyl or cyclic N) is 1. The highest BCUT2D eigenvalue weighted by Gasteiger charge is 2.23. The molecule has 0 radical (unpaired) electrons. The Bertz CT molecular complexity index is 220. The van der Waals surface area contributed by atoms with E-state index in [9.17, 15) is 9.90 Å². The van der Waals surface area contributed by atoms with Gasteiger partial charge in [0.05, 0.1) is 19.1 Å². The van der Waals surface area contributed by atoms with Crippen molar-refractivity contribution in [1.82, 2.24) is 4.90 Å². The summed E-state index contributed by atoms with van der Waals surface area (Å²) < 4.78 is 4.80. The van der Waals surface area contributed by atoms with Gasteiger partial charge in [-0.25, -0.2) is 0 Å². The molecule has 0 saturated carbocycles. The van der Waals surface area contributed by atoms with Crippen molar-refractivity contribution in [3.63, 3.8) is 0 Å². The molecule has 0 amide bonds. The van der Waals surface area contributed by atoms with Gasteiger partial charge in [0.25, 0.3) is 0 Å². The first kappa shape index (κ1) is 13.5. The molecule has 4 heteroatoms. The summed E-state index contributed by atoms with van der Waals surface area (Å²) in [7, 11) is 0. The predicted molar refractivity (Wildman–Crippen MR) is 62.1 cm³/mol. The number of nitrogens with zero attached hydrogens (tertiary/aromatic N) is 1. The van der Waals surface area contributed by atoms with Crippen LogP contribution in [0.3, 0.4) is 0 Å². The lowest BCUT2D eigenvalue weighted by Gasteiger charge is -2.19. The highest BCUT2D eigenvalue weighted by Crippen LogP contribution is 2.19. The Kier molecular flexibility index (Phi) is 5.77. The van der Waals surface area contributed by atoms with Gasteiger partial charge in [0, 0.05) is 13.1 Å². The minimum Gasteiger partial charge on any atom is -0.466 e. The monoisotopic (exact) mass is 229 g/mol. The molecule has 1 heterocycles. The van der Waals surface area contributed by atoms with Crippen molar-refractivity contribution in [1.29, 1.82) is 0 Å². The van der Waals surface area contributed by atoms with E-state index in [1.165, 1.54) is 12.8 Å². The molecule has 2 unspecified atom stereocenters. The molecule has 0 spiro atoms. The lowest BCUT2D eigenvalue weighted by molar-refractivity contribution is -0.145. The fraction of sp³-hybridized carbons (Fsp3) is 0.917. The number of esters is 1. The summed E-state index contributed by atoms with van der Waals surface area (Å²) >= 11 is 0. The molecule has 1 N–H and O–H groups in total. The molecular formula is C12H23NO3. The fourth-order valence-corrected chi connectivity index (χ4v) is 2.19. The molecule has 0 aromatic carbocycles. The van der Waals surface area contributed by atoms with E-state index >= 15 is 0 Å². The summed E-state index contributed by atoms with van der Waals surface area (Å²) in [5.41, 5.74) is 0. The van der Waals surface area contributed by atoms with E-state index < -0.39 is 6.10 Å². The molecule has 94 valence electrons. The van der Waals surface area contributed by atoms with E-state index in [0.29, 0.717) is 13.2 Å². The second kappa shape index (κ2) is 6.86. The van der Waals surface area contributed by atoms with Gasteiger partial charge in [-0.15, -0.1) is 0 Å². The number of hydrogen-bond donors (Lipinski definition) is 1. The number of aliphatic hydroxyl groups is 1. The average Bonchev–Trinajstić information content (AvgIpc) is 2.65. The molecule has 4 nitrogen and oxygen atoms in total. The van der Waals surface area contributed by atoms with Crippen LogP contribution in [0, 0.1) is 5.92 Å². The lowest BCUT2D eigenvalue weighted by atomic mass is 10.1. The van der Waals surface area contributed by atoms with Gasteiger partial charge in [-0.2, -0.15) is 0 Å². The van der Waals surface area contributed by atoms with Gasteiger partial charge < -0.3 is 14.7 Å². The summed E-state index contributed by atoms with van der Waals surface area (Å²) in [4.78, 5) is 13.4. The van der Waals surface area contributed by atoms with Crippen LogP contribution in [0.25, 0.3) is 0 Å². The van der Waals surface area contributed by atoms with Crippen LogP contribution in [-0.2, 0) is 9.53 Å². The van der Waals surface area contributed by atoms with E-state index in [0.717, 1.165) is 19.0 Å². The molecule has 1 saturated heterocycles. The number of ether oxygens (including phenoxy) is 1. The largest absolute Gasteiger partial charge is 0.466 e. The summed E-state index contributed by atoms with van der Waals surface area (Å²) in [6.07, 6.45) is 1.93. The molecular weight excluding hydrogens is 206 g/mol. The predicted octanol–water partition coefficient (Wildman–Crippen LogP) is 1.03. The highest BCUT2D eigenvalue weighted by atomic mass is 16.5. The summed E-state index contributed by atoms with van der Waals surface area (Å²) in [6.45, 7) is 7.04. The standard InChI is InChI=1S/C12H23NO3/c1-3-10-5-6-13(8-10)9-11(14)7-12(15)16-4-2/h10-11,14H,3-9H2,1-2H3. The summed E-state index contributed by atoms with van der Waals surface area (Å²) in [5, 5.41) is 9.72. The molecule has 1 aliphatic rings. The van der Waals surface area contributed by atoms with E-state index in [-0.39, 0.29) is 12.4 Å². The Balaban J connectivity index is 2.19. The van der Waals surface area contributed by atoms with Gasteiger partial charge >= 0.3 is 5.97 Å². The Hall–Kier alpha value is -0.610. The number of likely N-dealkylation sites (tertiary alicyclic amines) is 1. The zero-order valence-corrected chi connectivity index (χ0v) is 10.3. The van der Waals surface area contributed by atoms with Crippen molar-refractivity contribution in [2.45, 2.75) is 39.2 Å². The second-order valence-corrected chi connectivity index (χ2v) is 4.49. The highest BCUT2D eigenvalue weighted by molar-refractivity contribution is 5.69. The third-order valence-electron chi connectivity index (χ3n) is 3.12. The van der Waals surface area contributed by atoms with Gasteiger partial charge in [-0.3, -0.25) is 4.79 Å². The lowest BCUT2D eigenvalue weighted by Crippen LogP contribution is -2.32. The van der Waals surface area contributed by atoms with Crippen molar-refractivity contribution in [3.8, 4) is 0 Å². The molecule has 16 heavy (non-hydrogen) atoms. The fourth-order valence-electron chi connectivity index (χ4n) is 2.19. The molecule has 0 aromatic heterocycles. The first-order valence-corrected chi connectivity index (χ1v) is 6.21. The summed E-state index contributed by atoms with van der Waals surface area (Å²) in [6, 6.07) is 0. The Morgan fingerprint density at radius 2 is 2.31 bits per heavy atom. The van der Waals surface area contributed by atoms with E-state index in [2.05, 4.69) is 11.8 Å². The third kappa shape index (κ3) is 4.49. The number of carbonyl (C=O) groups is 1. The molecule has 0 aliphatic carbocycles. The zero-order chi connectivity index (χ0) is 12.0. The SMILES string of the molecule is CCOC(=O)CC(O)CN1CCC(CC)C1. The third-order valence-corrected chi connectivity index (χ3v) is 3.12. The minimum absolute atomic E-state index is 0.112. The van der Waals surface area contributed by atoms with E-state index in [4.69, 9.17) is 4.74 Å². The quantitative estimate of drug-likeness (QED) is 0.691. The van der Waals surface area contributed by atoms with Crippen LogP contribution in [0.5, 0.6) is 0 Å². The van der Waals surface area contributed by atoms with Crippen molar-refractivity contribution in [2.24, 2.45) is 5.92 Å². The van der Waals surface area contributed by atoms with Gasteiger partial charge in [-0.1, -0.05) is 13.3 Å². The Morgan fingerprint density at radius 3 is 2.88 bits per heavy atom. The average molecular weight is 229 g/mol. The van der Waals surface area contributed by atoms with Gasteiger partial charge in [0.15, 0.2) is 0 Å². The second-order valence-electron chi connectivity index (χ2n) is 4.49. The van der Waals surface area contributed by atoms with Crippen molar-refractivity contribution < 1.29 is 14.6 Å². The van der Waals surface area contributed by atoms with Crippen LogP contribution >= 0.6 is 0 Å². The maximum absolute atomic E-state index is 11.1. The zero-order valence-electron chi connectivity index (χ0n) is 10.3. The van der Waals surface area contributed by atoms with Gasteiger partial charge in [0.1, 0.15) is 0 Å². The molecule has 0 aromatic rings. The van der Waals surface area contributed by atoms with Crippen LogP contribution in [0.2, 0.25) is 0 Å². The number of rotatable bonds is 6. The van der Waals surface area contributed by atoms with Crippen LogP contribution in [-0.4, -0.2) is 48.3 Å². The van der Waals surface area contributed by atoms with E-state index in [1.807, 2.05) is 0 Å². The van der Waals surface area contributed by atoms with Crippen LogP contribution in [0.1, 0.15) is 33.1 Å². The van der Waals surface area contributed by atoms with Crippen molar-refractivity contribution in [2.75, 3.05) is 26.2 Å². The Labute approximate surface area is 97.6 Å².